The van der Waals surface area contributed by atoms with Crippen molar-refractivity contribution in [1.82, 2.24) is 0 Å². The minimum absolute atomic E-state index is 0.0713. The summed E-state index contributed by atoms with van der Waals surface area (Å²) in [7, 11) is 0. The molecule has 0 aromatic heterocycles. The first-order valence-electron chi connectivity index (χ1n) is 5.30. The van der Waals surface area contributed by atoms with Gasteiger partial charge in [-0.05, 0) is 19.1 Å². The third-order valence-electron chi connectivity index (χ3n) is 2.43. The molecule has 0 spiro atoms. The number of anilines is 1. The monoisotopic (exact) mass is 352 g/mol. The minimum atomic E-state index is -4.70. The zero-order valence-electron chi connectivity index (χ0n) is 10.3. The van der Waals surface area contributed by atoms with Crippen LogP contribution in [0.2, 0.25) is 0 Å². The summed E-state index contributed by atoms with van der Waals surface area (Å²) in [5.74, 6) is -0.849. The van der Waals surface area contributed by atoms with E-state index in [2.05, 4.69) is 26.1 Å². The molecule has 1 aromatic carbocycles. The van der Waals surface area contributed by atoms with Gasteiger partial charge in [0.25, 0.3) is 5.91 Å². The van der Waals surface area contributed by atoms with E-state index in [4.69, 9.17) is 6.57 Å². The van der Waals surface area contributed by atoms with Gasteiger partial charge < -0.3 is 10.4 Å². The lowest BCUT2D eigenvalue weighted by atomic mass is 10.1. The molecule has 0 heterocycles. The van der Waals surface area contributed by atoms with Crippen LogP contribution in [0.15, 0.2) is 18.2 Å². The Labute approximate surface area is 121 Å². The molecule has 0 saturated heterocycles. The Morgan fingerprint density at radius 2 is 2.10 bits per heavy atom. The van der Waals surface area contributed by atoms with Crippen molar-refractivity contribution in [2.24, 2.45) is 0 Å². The van der Waals surface area contributed by atoms with E-state index < -0.39 is 28.9 Å². The summed E-state index contributed by atoms with van der Waals surface area (Å²) in [6.45, 7) is 7.91. The molecule has 0 aliphatic heterocycles. The largest absolute Gasteiger partial charge is 0.407 e. The van der Waals surface area contributed by atoms with Gasteiger partial charge in [0.05, 0.1) is 12.1 Å². The first kappa shape index (κ1) is 16.5. The van der Waals surface area contributed by atoms with Crippen LogP contribution in [0.5, 0.6) is 0 Å². The molecule has 0 saturated carbocycles. The number of halogens is 4. The number of carbonyl (C=O) groups excluding carboxylic acids is 1. The van der Waals surface area contributed by atoms with Crippen LogP contribution < -0.4 is 5.32 Å². The summed E-state index contributed by atoms with van der Waals surface area (Å²) in [5.41, 5.74) is -3.58. The highest BCUT2D eigenvalue weighted by molar-refractivity contribution is 9.09. The Balaban J connectivity index is 3.12. The maximum Gasteiger partial charge on any atom is 0.407 e. The van der Waals surface area contributed by atoms with Crippen LogP contribution in [0.1, 0.15) is 12.5 Å². The Morgan fingerprint density at radius 1 is 1.50 bits per heavy atom. The fourth-order valence-corrected chi connectivity index (χ4v) is 1.52. The predicted octanol–water partition coefficient (Wildman–Crippen LogP) is 3.34. The number of rotatable bonds is 3. The lowest BCUT2D eigenvalue weighted by Gasteiger charge is -2.20. The van der Waals surface area contributed by atoms with E-state index in [9.17, 15) is 23.1 Å². The maximum atomic E-state index is 12.7. The van der Waals surface area contributed by atoms with Gasteiger partial charge in [-0.2, -0.15) is 13.2 Å². The molecule has 1 rings (SSSR count). The normalized spacial score (nSPS) is 14.2. The molecule has 1 atom stereocenters. The second kappa shape index (κ2) is 5.81. The van der Waals surface area contributed by atoms with Gasteiger partial charge >= 0.3 is 6.18 Å². The molecule has 20 heavy (non-hydrogen) atoms. The van der Waals surface area contributed by atoms with Crippen molar-refractivity contribution in [2.45, 2.75) is 18.7 Å². The van der Waals surface area contributed by atoms with Gasteiger partial charge in [0.15, 0.2) is 5.69 Å². The van der Waals surface area contributed by atoms with Crippen molar-refractivity contribution in [3.05, 3.63) is 35.2 Å². The number of amides is 1. The Morgan fingerprint density at radius 3 is 2.55 bits per heavy atom. The summed E-state index contributed by atoms with van der Waals surface area (Å²) in [5, 5.41) is 11.8. The number of alkyl halides is 4. The van der Waals surface area contributed by atoms with Crippen LogP contribution in [0.25, 0.3) is 4.85 Å². The topological polar surface area (TPSA) is 53.7 Å². The summed E-state index contributed by atoms with van der Waals surface area (Å²) in [4.78, 5) is 14.4. The van der Waals surface area contributed by atoms with Crippen molar-refractivity contribution in [3.8, 4) is 0 Å². The van der Waals surface area contributed by atoms with Gasteiger partial charge in [-0.25, -0.2) is 4.85 Å². The van der Waals surface area contributed by atoms with Gasteiger partial charge in [-0.1, -0.05) is 22.0 Å². The van der Waals surface area contributed by atoms with Crippen LogP contribution in [0.3, 0.4) is 0 Å². The van der Waals surface area contributed by atoms with E-state index in [1.165, 1.54) is 13.0 Å². The van der Waals surface area contributed by atoms with E-state index in [1.807, 2.05) is 0 Å². The second-order valence-electron chi connectivity index (χ2n) is 4.20. The molecule has 0 bridgehead atoms. The zero-order chi connectivity index (χ0) is 15.6. The van der Waals surface area contributed by atoms with Crippen molar-refractivity contribution in [1.29, 1.82) is 0 Å². The summed E-state index contributed by atoms with van der Waals surface area (Å²) < 4.78 is 38.2. The Hall–Kier alpha value is -1.59. The number of benzene rings is 1. The molecule has 0 unspecified atom stereocenters. The van der Waals surface area contributed by atoms with Crippen molar-refractivity contribution < 1.29 is 23.1 Å². The number of hydrogen-bond donors (Lipinski definition) is 2. The summed E-state index contributed by atoms with van der Waals surface area (Å²) in [6, 6.07) is 2.80. The van der Waals surface area contributed by atoms with E-state index in [-0.39, 0.29) is 11.0 Å². The van der Waals surface area contributed by atoms with Crippen LogP contribution in [0.4, 0.5) is 24.5 Å². The first-order valence-corrected chi connectivity index (χ1v) is 6.42. The highest BCUT2D eigenvalue weighted by Crippen LogP contribution is 2.38. The highest BCUT2D eigenvalue weighted by Gasteiger charge is 2.34. The lowest BCUT2D eigenvalue weighted by molar-refractivity contribution is -0.137. The summed E-state index contributed by atoms with van der Waals surface area (Å²) in [6.07, 6.45) is -4.70. The molecule has 1 aromatic rings. The Kier molecular flexibility index (Phi) is 4.78. The second-order valence-corrected chi connectivity index (χ2v) is 4.76. The van der Waals surface area contributed by atoms with Crippen molar-refractivity contribution >= 4 is 33.2 Å². The Bertz CT molecular complexity index is 565. The highest BCUT2D eigenvalue weighted by atomic mass is 79.9. The zero-order valence-corrected chi connectivity index (χ0v) is 11.8. The molecule has 0 aliphatic rings. The van der Waals surface area contributed by atoms with Gasteiger partial charge in [0.1, 0.15) is 5.60 Å². The molecular formula is C12H10BrF3N2O2. The van der Waals surface area contributed by atoms with Crippen molar-refractivity contribution in [3.63, 3.8) is 0 Å². The molecule has 108 valence electrons. The summed E-state index contributed by atoms with van der Waals surface area (Å²) >= 11 is 2.92. The average molecular weight is 353 g/mol. The van der Waals surface area contributed by atoms with Crippen LogP contribution in [0, 0.1) is 6.57 Å². The van der Waals surface area contributed by atoms with E-state index in [0.29, 0.717) is 6.07 Å². The number of nitrogens with zero attached hydrogens (tertiary/aromatic N) is 1. The van der Waals surface area contributed by atoms with Crippen molar-refractivity contribution in [2.75, 3.05) is 10.6 Å². The molecule has 4 nitrogen and oxygen atoms in total. The fraction of sp³-hybridized carbons (Fsp3) is 0.333. The molecular weight excluding hydrogens is 343 g/mol. The van der Waals surface area contributed by atoms with Gasteiger partial charge in [-0.15, -0.1) is 0 Å². The molecule has 0 fully saturated rings. The van der Waals surface area contributed by atoms with Crippen LogP contribution in [-0.2, 0) is 11.0 Å². The third-order valence-corrected chi connectivity index (χ3v) is 3.52. The quantitative estimate of drug-likeness (QED) is 0.379. The first-order chi connectivity index (χ1) is 9.11. The van der Waals surface area contributed by atoms with E-state index in [1.54, 1.807) is 0 Å². The van der Waals surface area contributed by atoms with E-state index >= 15 is 0 Å². The predicted molar refractivity (Wildman–Crippen MR) is 70.8 cm³/mol. The molecule has 8 heteroatoms. The third kappa shape index (κ3) is 3.71. The van der Waals surface area contributed by atoms with Gasteiger partial charge in [0.2, 0.25) is 0 Å². The molecule has 1 amide bonds. The molecule has 0 radical (unpaired) electrons. The number of hydrogen-bond acceptors (Lipinski definition) is 2. The standard InChI is InChI=1S/C12H10BrF3N2O2/c1-11(20,6-13)10(19)18-7-3-4-9(17-2)8(5-7)12(14,15)16/h3-5,20H,6H2,1H3,(H,18,19)/t11-/m0/s1/i2+1,17+1. The SMILES string of the molecule is C[C@](O)(CBr)C(=O)Nc1ccc([15N+]#[13C-])c(C(F)(F)F)c1. The van der Waals surface area contributed by atoms with E-state index in [0.717, 1.165) is 6.07 Å². The van der Waals surface area contributed by atoms with Crippen LogP contribution in [-0.4, -0.2) is 21.9 Å². The smallest absolute Gasteiger partial charge is 0.379 e. The maximum absolute atomic E-state index is 12.7. The molecule has 0 aliphatic carbocycles. The average Bonchev–Trinajstić information content (AvgIpc) is 2.37. The minimum Gasteiger partial charge on any atom is -0.379 e. The number of carbonyl (C=O) groups is 1. The van der Waals surface area contributed by atoms with Gasteiger partial charge in [-0.3, -0.25) is 4.79 Å². The lowest BCUT2D eigenvalue weighted by Crippen LogP contribution is -2.41. The number of nitrogens with one attached hydrogen (secondary N) is 1. The number of aliphatic hydroxyl groups is 1. The van der Waals surface area contributed by atoms with Gasteiger partial charge in [0, 0.05) is 11.0 Å². The fourth-order valence-electron chi connectivity index (χ4n) is 1.26. The molecule has 2 N–H and O–H groups in total. The van der Waals surface area contributed by atoms with Crippen LogP contribution >= 0.6 is 15.9 Å².